The first-order valence-electron chi connectivity index (χ1n) is 10.5. The van der Waals surface area contributed by atoms with Gasteiger partial charge in [-0.15, -0.1) is 50.5 Å². The molecular formula is C27H22F6S4. The van der Waals surface area contributed by atoms with Gasteiger partial charge in [0, 0.05) is 30.7 Å². The molecule has 0 aliphatic heterocycles. The van der Waals surface area contributed by atoms with E-state index in [4.69, 9.17) is 0 Å². The lowest BCUT2D eigenvalue weighted by Crippen LogP contribution is -2.53. The molecule has 0 unspecified atom stereocenters. The van der Waals surface area contributed by atoms with Crippen molar-refractivity contribution >= 4 is 50.5 Å². The van der Waals surface area contributed by atoms with Crippen molar-refractivity contribution in [1.82, 2.24) is 0 Å². The van der Waals surface area contributed by atoms with E-state index in [9.17, 15) is 22.0 Å². The number of alkyl halides is 6. The Morgan fingerprint density at radius 2 is 0.730 bits per heavy atom. The lowest BCUT2D eigenvalue weighted by atomic mass is 9.82. The van der Waals surface area contributed by atoms with Crippen LogP contribution in [0.2, 0.25) is 0 Å². The van der Waals surface area contributed by atoms with Gasteiger partial charge in [0.05, 0.1) is 0 Å². The molecule has 37 heavy (non-hydrogen) atoms. The lowest BCUT2D eigenvalue weighted by Gasteiger charge is -2.35. The second-order valence-corrected chi connectivity index (χ2v) is 9.57. The Morgan fingerprint density at radius 1 is 0.405 bits per heavy atom. The average molecular weight is 589 g/mol. The molecule has 0 amide bonds. The molecule has 4 aromatic rings. The van der Waals surface area contributed by atoms with Gasteiger partial charge in [-0.2, -0.15) is 22.0 Å². The third kappa shape index (κ3) is 8.43. The Kier molecular flexibility index (Phi) is 11.4. The number of benzene rings is 4. The van der Waals surface area contributed by atoms with Crippen LogP contribution >= 0.6 is 50.5 Å². The highest BCUT2D eigenvalue weighted by atomic mass is 32.1. The third-order valence-electron chi connectivity index (χ3n) is 4.79. The van der Waals surface area contributed by atoms with Gasteiger partial charge >= 0.3 is 12.1 Å². The van der Waals surface area contributed by atoms with Gasteiger partial charge in [0.15, 0.2) is 0 Å². The van der Waals surface area contributed by atoms with Gasteiger partial charge in [0.1, 0.15) is 0 Å². The summed E-state index contributed by atoms with van der Waals surface area (Å²) in [5.41, 5.74) is -5.79. The van der Waals surface area contributed by atoms with Crippen LogP contribution in [0.3, 0.4) is 0 Å². The molecule has 0 fully saturated rings. The van der Waals surface area contributed by atoms with E-state index in [0.29, 0.717) is 0 Å². The predicted octanol–water partition coefficient (Wildman–Crippen LogP) is 9.63. The number of thiol groups is 4. The van der Waals surface area contributed by atoms with Crippen molar-refractivity contribution in [3.63, 3.8) is 0 Å². The predicted molar refractivity (Wildman–Crippen MR) is 148 cm³/mol. The van der Waals surface area contributed by atoms with Crippen LogP contribution < -0.4 is 0 Å². The minimum absolute atomic E-state index is 0.0597. The fourth-order valence-electron chi connectivity index (χ4n) is 3.02. The smallest absolute Gasteiger partial charge is 0.226 e. The Hall–Kier alpha value is -2.14. The van der Waals surface area contributed by atoms with E-state index in [-0.39, 0.29) is 9.79 Å². The highest BCUT2D eigenvalue weighted by molar-refractivity contribution is 7.80. The highest BCUT2D eigenvalue weighted by Gasteiger charge is 2.72. The normalized spacial score (nSPS) is 11.5. The van der Waals surface area contributed by atoms with E-state index >= 15 is 4.39 Å². The van der Waals surface area contributed by atoms with E-state index in [2.05, 4.69) is 50.5 Å². The molecule has 4 aromatic carbocycles. The van der Waals surface area contributed by atoms with Crippen molar-refractivity contribution in [2.24, 2.45) is 0 Å². The second-order valence-electron chi connectivity index (χ2n) is 7.50. The molecule has 0 aliphatic carbocycles. The summed E-state index contributed by atoms with van der Waals surface area (Å²) in [7, 11) is 0. The van der Waals surface area contributed by atoms with Gasteiger partial charge in [-0.05, 0) is 48.5 Å². The minimum Gasteiger partial charge on any atom is -0.226 e. The van der Waals surface area contributed by atoms with E-state index in [1.54, 1.807) is 0 Å². The second kappa shape index (κ2) is 13.6. The summed E-state index contributed by atoms with van der Waals surface area (Å²) in [6.45, 7) is 0. The first-order valence-corrected chi connectivity index (χ1v) is 12.3. The summed E-state index contributed by atoms with van der Waals surface area (Å²) in [5.74, 6) is -5.65. The van der Waals surface area contributed by atoms with Crippen LogP contribution in [-0.4, -0.2) is 12.1 Å². The molecule has 0 heterocycles. The van der Waals surface area contributed by atoms with Crippen LogP contribution in [0.1, 0.15) is 11.1 Å². The minimum atomic E-state index is -6.08. The van der Waals surface area contributed by atoms with Gasteiger partial charge in [0.25, 0.3) is 0 Å². The van der Waals surface area contributed by atoms with Crippen LogP contribution in [-0.2, 0) is 5.67 Å². The van der Waals surface area contributed by atoms with Gasteiger partial charge in [-0.3, -0.25) is 0 Å². The molecule has 4 rings (SSSR count). The van der Waals surface area contributed by atoms with Crippen molar-refractivity contribution in [2.75, 3.05) is 0 Å². The van der Waals surface area contributed by atoms with E-state index in [0.717, 1.165) is 46.2 Å². The summed E-state index contributed by atoms with van der Waals surface area (Å²) in [4.78, 5) is 2.15. The molecule has 0 aliphatic rings. The topological polar surface area (TPSA) is 0 Å². The summed E-state index contributed by atoms with van der Waals surface area (Å²) < 4.78 is 82.1. The van der Waals surface area contributed by atoms with Crippen LogP contribution in [0.4, 0.5) is 26.3 Å². The zero-order valence-electron chi connectivity index (χ0n) is 18.9. The van der Waals surface area contributed by atoms with E-state index < -0.39 is 28.9 Å². The Bertz CT molecular complexity index is 1170. The zero-order chi connectivity index (χ0) is 27.7. The molecule has 0 nitrogen and oxygen atoms in total. The van der Waals surface area contributed by atoms with Crippen LogP contribution in [0, 0.1) is 0 Å². The van der Waals surface area contributed by atoms with Crippen molar-refractivity contribution < 1.29 is 26.3 Å². The molecule has 0 aromatic heterocycles. The Balaban J connectivity index is 0.000000276. The molecule has 0 radical (unpaired) electrons. The molecule has 0 N–H and O–H groups in total. The Morgan fingerprint density at radius 3 is 0.973 bits per heavy atom. The van der Waals surface area contributed by atoms with Gasteiger partial charge < -0.3 is 0 Å². The number of hydrogen-bond donors (Lipinski definition) is 4. The maximum Gasteiger partial charge on any atom is 0.457 e. The van der Waals surface area contributed by atoms with Crippen molar-refractivity contribution in [1.29, 1.82) is 0 Å². The molecule has 0 spiro atoms. The van der Waals surface area contributed by atoms with Crippen LogP contribution in [0.5, 0.6) is 0 Å². The summed E-state index contributed by atoms with van der Waals surface area (Å²) in [6.07, 6.45) is -6.08. The standard InChI is InChI=1S/C15H10F6S2.2C6H6S/c16-13(14(17,18)15(19,20)21,9-3-1-5-11(22)7-9)10-4-2-6-12(23)8-10;2*7-6-4-2-1-3-5-6/h1-8,22-23H;2*1-5,7H. The molecular weight excluding hydrogens is 567 g/mol. The SMILES string of the molecule is FC(F)(F)C(F)(F)C(F)(c1cccc(S)c1)c1cccc(S)c1.Sc1ccccc1.Sc1ccccc1. The molecule has 0 saturated carbocycles. The molecule has 0 bridgehead atoms. The highest BCUT2D eigenvalue weighted by Crippen LogP contribution is 2.54. The van der Waals surface area contributed by atoms with Crippen molar-refractivity contribution in [3.8, 4) is 0 Å². The fraction of sp³-hybridized carbons (Fsp3) is 0.111. The third-order valence-corrected chi connectivity index (χ3v) is 5.94. The number of rotatable bonds is 3. The average Bonchev–Trinajstić information content (AvgIpc) is 2.84. The summed E-state index contributed by atoms with van der Waals surface area (Å²) in [5, 5.41) is 0. The molecule has 0 atom stereocenters. The largest absolute Gasteiger partial charge is 0.457 e. The van der Waals surface area contributed by atoms with Crippen molar-refractivity contribution in [3.05, 3.63) is 120 Å². The molecule has 0 saturated heterocycles. The van der Waals surface area contributed by atoms with E-state index in [1.807, 2.05) is 60.7 Å². The summed E-state index contributed by atoms with van der Waals surface area (Å²) >= 11 is 15.9. The molecule has 196 valence electrons. The van der Waals surface area contributed by atoms with Crippen LogP contribution in [0.25, 0.3) is 0 Å². The van der Waals surface area contributed by atoms with Gasteiger partial charge in [-0.1, -0.05) is 60.7 Å². The zero-order valence-corrected chi connectivity index (χ0v) is 22.5. The monoisotopic (exact) mass is 588 g/mol. The Labute approximate surface area is 233 Å². The van der Waals surface area contributed by atoms with Gasteiger partial charge in [-0.25, -0.2) is 4.39 Å². The lowest BCUT2D eigenvalue weighted by molar-refractivity contribution is -0.323. The molecule has 10 heteroatoms. The van der Waals surface area contributed by atoms with E-state index in [1.165, 1.54) is 12.1 Å². The number of hydrogen-bond acceptors (Lipinski definition) is 4. The van der Waals surface area contributed by atoms with Crippen LogP contribution in [0.15, 0.2) is 129 Å². The first kappa shape index (κ1) is 31.1. The quantitative estimate of drug-likeness (QED) is 0.133. The van der Waals surface area contributed by atoms with Gasteiger partial charge in [0.2, 0.25) is 5.67 Å². The van der Waals surface area contributed by atoms with Crippen molar-refractivity contribution in [2.45, 2.75) is 37.3 Å². The fourth-order valence-corrected chi connectivity index (χ4v) is 3.82. The maximum absolute atomic E-state index is 15.4. The maximum atomic E-state index is 15.4. The summed E-state index contributed by atoms with van der Waals surface area (Å²) in [6, 6.07) is 28.0. The first-order chi connectivity index (χ1) is 17.3. The number of halogens is 6.